The summed E-state index contributed by atoms with van der Waals surface area (Å²) in [4.78, 5) is 68.0. The molecule has 1 saturated heterocycles. The van der Waals surface area contributed by atoms with Crippen molar-refractivity contribution in [2.24, 2.45) is 0 Å². The number of imide groups is 2. The van der Waals surface area contributed by atoms with Crippen LogP contribution in [0.25, 0.3) is 0 Å². The van der Waals surface area contributed by atoms with Crippen molar-refractivity contribution < 1.29 is 38.1 Å². The lowest BCUT2D eigenvalue weighted by Gasteiger charge is -2.34. The first-order chi connectivity index (χ1) is 11.7. The number of likely N-dealkylation sites (tertiary alicyclic amines) is 1. The molecule has 25 heavy (non-hydrogen) atoms. The van der Waals surface area contributed by atoms with Gasteiger partial charge in [0.1, 0.15) is 12.8 Å². The van der Waals surface area contributed by atoms with E-state index in [-0.39, 0.29) is 24.0 Å². The van der Waals surface area contributed by atoms with Crippen LogP contribution in [0.15, 0.2) is 24.3 Å². The average molecular weight is 368 g/mol. The third kappa shape index (κ3) is 3.12. The maximum absolute atomic E-state index is 12.5. The largest absolute Gasteiger partial charge is 0.471 e. The van der Waals surface area contributed by atoms with E-state index in [1.807, 2.05) is 0 Å². The lowest BCUT2D eigenvalue weighted by Crippen LogP contribution is -2.56. The number of hydrogen-bond donors (Lipinski definition) is 2. The number of fused-ring (bicyclic) bond motifs is 1. The minimum absolute atomic E-state index is 0.0600. The molecule has 1 aromatic carbocycles. The molecule has 1 fully saturated rings. The second-order valence-corrected chi connectivity index (χ2v) is 6.73. The van der Waals surface area contributed by atoms with E-state index in [0.717, 1.165) is 4.90 Å². The quantitative estimate of drug-likeness (QED) is 0.553. The summed E-state index contributed by atoms with van der Waals surface area (Å²) in [5.41, 5.74) is 0.324. The summed E-state index contributed by atoms with van der Waals surface area (Å²) < 4.78 is 15.0. The highest BCUT2D eigenvalue weighted by atomic mass is 31.2. The number of piperidine rings is 1. The van der Waals surface area contributed by atoms with Crippen molar-refractivity contribution in [2.45, 2.75) is 18.9 Å². The van der Waals surface area contributed by atoms with Gasteiger partial charge in [-0.05, 0) is 18.6 Å². The number of carbonyl (C=O) groups is 4. The average Bonchev–Trinajstić information content (AvgIpc) is 2.79. The van der Waals surface area contributed by atoms with Crippen LogP contribution in [0.4, 0.5) is 0 Å². The molecule has 0 saturated carbocycles. The molecule has 2 aliphatic heterocycles. The molecule has 0 spiro atoms. The van der Waals surface area contributed by atoms with Crippen LogP contribution in [0.5, 0.6) is 0 Å². The van der Waals surface area contributed by atoms with E-state index in [0.29, 0.717) is 4.90 Å². The molecule has 3 rings (SSSR count). The minimum atomic E-state index is -4.90. The Hall–Kier alpha value is -2.39. The summed E-state index contributed by atoms with van der Waals surface area (Å²) in [6, 6.07) is 4.86. The van der Waals surface area contributed by atoms with Crippen molar-refractivity contribution in [1.29, 1.82) is 0 Å². The number of benzene rings is 1. The number of phosphoric ester groups is 1. The van der Waals surface area contributed by atoms with Crippen molar-refractivity contribution in [1.82, 2.24) is 9.80 Å². The predicted molar refractivity (Wildman–Crippen MR) is 79.8 cm³/mol. The molecule has 1 atom stereocenters. The lowest BCUT2D eigenvalue weighted by atomic mass is 10.0. The summed E-state index contributed by atoms with van der Waals surface area (Å²) in [5, 5.41) is 0. The van der Waals surface area contributed by atoms with Gasteiger partial charge in [-0.25, -0.2) is 4.57 Å². The first kappa shape index (κ1) is 17.4. The fraction of sp³-hybridized carbons (Fsp3) is 0.286. The molecular weight excluding hydrogens is 355 g/mol. The highest BCUT2D eigenvalue weighted by Gasteiger charge is 2.47. The summed E-state index contributed by atoms with van der Waals surface area (Å²) in [5.74, 6) is -2.92. The number of amides is 4. The molecule has 2 aliphatic rings. The molecule has 0 aromatic heterocycles. The first-order valence-corrected chi connectivity index (χ1v) is 8.75. The third-order valence-electron chi connectivity index (χ3n) is 3.98. The van der Waals surface area contributed by atoms with Crippen molar-refractivity contribution >= 4 is 31.5 Å². The van der Waals surface area contributed by atoms with Gasteiger partial charge in [0.25, 0.3) is 17.7 Å². The van der Waals surface area contributed by atoms with Gasteiger partial charge in [0.05, 0.1) is 11.1 Å². The summed E-state index contributed by atoms with van der Waals surface area (Å²) in [7, 11) is -4.90. The van der Waals surface area contributed by atoms with E-state index in [1.165, 1.54) is 12.1 Å². The van der Waals surface area contributed by atoms with Crippen LogP contribution in [0, 0.1) is 0 Å². The molecule has 10 nitrogen and oxygen atoms in total. The van der Waals surface area contributed by atoms with E-state index in [1.54, 1.807) is 12.1 Å². The van der Waals surface area contributed by atoms with Gasteiger partial charge in [0, 0.05) is 6.42 Å². The van der Waals surface area contributed by atoms with E-state index in [9.17, 15) is 23.7 Å². The van der Waals surface area contributed by atoms with Crippen LogP contribution in [-0.4, -0.2) is 56.0 Å². The predicted octanol–water partition coefficient (Wildman–Crippen LogP) is -0.133. The van der Waals surface area contributed by atoms with Crippen molar-refractivity contribution in [3.8, 4) is 0 Å². The number of rotatable bonds is 4. The summed E-state index contributed by atoms with van der Waals surface area (Å²) in [6.45, 7) is -0.957. The molecule has 0 bridgehead atoms. The second-order valence-electron chi connectivity index (χ2n) is 5.49. The molecule has 11 heteroatoms. The van der Waals surface area contributed by atoms with Crippen LogP contribution in [0.1, 0.15) is 33.6 Å². The normalized spacial score (nSPS) is 21.1. The fourth-order valence-corrected chi connectivity index (χ4v) is 3.09. The first-order valence-electron chi connectivity index (χ1n) is 7.22. The molecule has 2 heterocycles. The smallest absolute Gasteiger partial charge is 0.303 e. The molecule has 1 unspecified atom stereocenters. The molecule has 0 aliphatic carbocycles. The molecular formula is C14H13N2O8P. The fourth-order valence-electron chi connectivity index (χ4n) is 2.82. The van der Waals surface area contributed by atoms with Gasteiger partial charge in [0.2, 0.25) is 5.91 Å². The van der Waals surface area contributed by atoms with Gasteiger partial charge in [-0.2, -0.15) is 0 Å². The maximum atomic E-state index is 12.5. The maximum Gasteiger partial charge on any atom is 0.471 e. The Morgan fingerprint density at radius 2 is 1.64 bits per heavy atom. The Labute approximate surface area is 141 Å². The van der Waals surface area contributed by atoms with E-state index < -0.39 is 44.2 Å². The van der Waals surface area contributed by atoms with Gasteiger partial charge < -0.3 is 9.79 Å². The van der Waals surface area contributed by atoms with Crippen LogP contribution >= 0.6 is 7.82 Å². The van der Waals surface area contributed by atoms with E-state index in [4.69, 9.17) is 9.79 Å². The molecule has 132 valence electrons. The third-order valence-corrected chi connectivity index (χ3v) is 4.43. The highest BCUT2D eigenvalue weighted by Crippen LogP contribution is 2.36. The Morgan fingerprint density at radius 1 is 1.08 bits per heavy atom. The van der Waals surface area contributed by atoms with Gasteiger partial charge in [-0.3, -0.25) is 33.5 Å². The topological polar surface area (TPSA) is 142 Å². The zero-order valence-corrected chi connectivity index (χ0v) is 13.6. The number of nitrogens with zero attached hydrogens (tertiary/aromatic N) is 2. The minimum Gasteiger partial charge on any atom is -0.303 e. The lowest BCUT2D eigenvalue weighted by molar-refractivity contribution is -0.155. The summed E-state index contributed by atoms with van der Waals surface area (Å²) in [6.07, 6.45) is -0.232. The SMILES string of the molecule is O=C1CCC(N2C(=O)c3ccccc3C2=O)C(=O)N1COP(=O)(O)O. The van der Waals surface area contributed by atoms with E-state index in [2.05, 4.69) is 4.52 Å². The van der Waals surface area contributed by atoms with Gasteiger partial charge >= 0.3 is 7.82 Å². The van der Waals surface area contributed by atoms with Crippen molar-refractivity contribution in [3.63, 3.8) is 0 Å². The highest BCUT2D eigenvalue weighted by molar-refractivity contribution is 7.46. The monoisotopic (exact) mass is 368 g/mol. The van der Waals surface area contributed by atoms with E-state index >= 15 is 0 Å². The molecule has 0 radical (unpaired) electrons. The zero-order chi connectivity index (χ0) is 18.4. The molecule has 1 aromatic rings. The number of phosphoric acid groups is 1. The van der Waals surface area contributed by atoms with Gasteiger partial charge in [-0.15, -0.1) is 0 Å². The molecule has 4 amide bonds. The Balaban J connectivity index is 1.85. The van der Waals surface area contributed by atoms with Crippen LogP contribution in [0.2, 0.25) is 0 Å². The second kappa shape index (κ2) is 6.16. The zero-order valence-electron chi connectivity index (χ0n) is 12.7. The summed E-state index contributed by atoms with van der Waals surface area (Å²) >= 11 is 0. The van der Waals surface area contributed by atoms with Crippen LogP contribution in [-0.2, 0) is 18.7 Å². The van der Waals surface area contributed by atoms with Crippen LogP contribution in [0.3, 0.4) is 0 Å². The Bertz CT molecular complexity index is 797. The van der Waals surface area contributed by atoms with Crippen molar-refractivity contribution in [3.05, 3.63) is 35.4 Å². The van der Waals surface area contributed by atoms with Gasteiger partial charge in [-0.1, -0.05) is 12.1 Å². The number of hydrogen-bond acceptors (Lipinski definition) is 6. The van der Waals surface area contributed by atoms with Crippen molar-refractivity contribution in [2.75, 3.05) is 6.73 Å². The van der Waals surface area contributed by atoms with Crippen LogP contribution < -0.4 is 0 Å². The Morgan fingerprint density at radius 3 is 2.16 bits per heavy atom. The number of carbonyl (C=O) groups excluding carboxylic acids is 4. The Kier molecular flexibility index (Phi) is 4.29. The molecule has 2 N–H and O–H groups in total. The van der Waals surface area contributed by atoms with Gasteiger partial charge in [0.15, 0.2) is 0 Å². The standard InChI is InChI=1S/C14H13N2O8P/c17-11-6-5-10(14(20)15(11)7-24-25(21,22)23)16-12(18)8-3-1-2-4-9(8)13(16)19/h1-4,10H,5-7H2,(H2,21,22,23).